The summed E-state index contributed by atoms with van der Waals surface area (Å²) in [6.45, 7) is 1.44. The van der Waals surface area contributed by atoms with E-state index in [9.17, 15) is 14.4 Å². The van der Waals surface area contributed by atoms with Crippen LogP contribution in [0.25, 0.3) is 0 Å². The number of ether oxygens (including phenoxy) is 3. The van der Waals surface area contributed by atoms with E-state index in [1.165, 1.54) is 6.92 Å². The Balaban J connectivity index is 1.75. The van der Waals surface area contributed by atoms with Crippen LogP contribution >= 0.6 is 0 Å². The van der Waals surface area contributed by atoms with Crippen LogP contribution < -0.4 is 20.1 Å². The standard InChI is InChI=1S/C20H28N2O6/c1-13(19(24)22-20(25)21-15-6-4-5-7-15)28-18(23)11-9-14-8-10-16(26-2)17(12-14)27-3/h8,10,12-13,15H,4-7,9,11H2,1-3H3,(H2,21,22,24,25)/t13-/m0/s1. The number of carbonyl (C=O) groups is 3. The van der Waals surface area contributed by atoms with E-state index in [4.69, 9.17) is 14.2 Å². The summed E-state index contributed by atoms with van der Waals surface area (Å²) in [6.07, 6.45) is 3.47. The molecule has 1 fully saturated rings. The summed E-state index contributed by atoms with van der Waals surface area (Å²) in [4.78, 5) is 35.8. The molecular formula is C20H28N2O6. The number of imide groups is 1. The fourth-order valence-electron chi connectivity index (χ4n) is 3.10. The van der Waals surface area contributed by atoms with Gasteiger partial charge in [0.25, 0.3) is 5.91 Å². The van der Waals surface area contributed by atoms with Crippen LogP contribution in [0.15, 0.2) is 18.2 Å². The first-order chi connectivity index (χ1) is 13.4. The monoisotopic (exact) mass is 392 g/mol. The van der Waals surface area contributed by atoms with E-state index < -0.39 is 24.0 Å². The van der Waals surface area contributed by atoms with Crippen LogP contribution in [-0.2, 0) is 20.7 Å². The molecule has 0 aliphatic heterocycles. The molecule has 0 unspecified atom stereocenters. The van der Waals surface area contributed by atoms with Crippen LogP contribution in [0.2, 0.25) is 0 Å². The maximum absolute atomic E-state index is 12.0. The number of amides is 3. The molecule has 0 aromatic heterocycles. The molecule has 8 nitrogen and oxygen atoms in total. The molecule has 0 spiro atoms. The van der Waals surface area contributed by atoms with Gasteiger partial charge in [-0.2, -0.15) is 0 Å². The van der Waals surface area contributed by atoms with Crippen molar-refractivity contribution in [2.24, 2.45) is 0 Å². The van der Waals surface area contributed by atoms with Crippen molar-refractivity contribution in [1.82, 2.24) is 10.6 Å². The van der Waals surface area contributed by atoms with E-state index in [0.29, 0.717) is 17.9 Å². The van der Waals surface area contributed by atoms with Crippen molar-refractivity contribution >= 4 is 17.9 Å². The van der Waals surface area contributed by atoms with Gasteiger partial charge in [0, 0.05) is 12.5 Å². The third-order valence-electron chi connectivity index (χ3n) is 4.67. The molecule has 2 N–H and O–H groups in total. The van der Waals surface area contributed by atoms with Gasteiger partial charge in [-0.3, -0.25) is 14.9 Å². The number of nitrogens with one attached hydrogen (secondary N) is 2. The summed E-state index contributed by atoms with van der Waals surface area (Å²) in [5.41, 5.74) is 0.877. The van der Waals surface area contributed by atoms with E-state index in [2.05, 4.69) is 10.6 Å². The van der Waals surface area contributed by atoms with Gasteiger partial charge in [0.1, 0.15) is 0 Å². The maximum Gasteiger partial charge on any atom is 0.321 e. The summed E-state index contributed by atoms with van der Waals surface area (Å²) in [5, 5.41) is 4.97. The number of esters is 1. The van der Waals surface area contributed by atoms with Crippen LogP contribution in [-0.4, -0.2) is 44.3 Å². The zero-order valence-electron chi connectivity index (χ0n) is 16.6. The van der Waals surface area contributed by atoms with Gasteiger partial charge in [0.2, 0.25) is 0 Å². The van der Waals surface area contributed by atoms with Gasteiger partial charge in [-0.1, -0.05) is 18.9 Å². The summed E-state index contributed by atoms with van der Waals surface area (Å²) in [5.74, 6) is 0.0213. The smallest absolute Gasteiger partial charge is 0.321 e. The molecule has 28 heavy (non-hydrogen) atoms. The molecule has 1 aliphatic rings. The van der Waals surface area contributed by atoms with Crippen molar-refractivity contribution in [1.29, 1.82) is 0 Å². The summed E-state index contributed by atoms with van der Waals surface area (Å²) in [7, 11) is 3.09. The van der Waals surface area contributed by atoms with E-state index in [1.807, 2.05) is 6.07 Å². The van der Waals surface area contributed by atoms with Crippen molar-refractivity contribution in [3.05, 3.63) is 23.8 Å². The minimum Gasteiger partial charge on any atom is -0.493 e. The zero-order valence-corrected chi connectivity index (χ0v) is 16.6. The molecular weight excluding hydrogens is 364 g/mol. The lowest BCUT2D eigenvalue weighted by Crippen LogP contribution is -2.47. The summed E-state index contributed by atoms with van der Waals surface area (Å²) < 4.78 is 15.5. The number of urea groups is 1. The van der Waals surface area contributed by atoms with Crippen molar-refractivity contribution in [3.63, 3.8) is 0 Å². The van der Waals surface area contributed by atoms with Gasteiger partial charge < -0.3 is 19.5 Å². The Morgan fingerprint density at radius 1 is 1.11 bits per heavy atom. The molecule has 3 amide bonds. The number of hydrogen-bond donors (Lipinski definition) is 2. The molecule has 0 radical (unpaired) electrons. The molecule has 154 valence electrons. The third kappa shape index (κ3) is 6.44. The lowest BCUT2D eigenvalue weighted by Gasteiger charge is -2.15. The first kappa shape index (κ1) is 21.5. The Bertz CT molecular complexity index is 700. The van der Waals surface area contributed by atoms with Gasteiger partial charge in [-0.05, 0) is 43.9 Å². The van der Waals surface area contributed by atoms with E-state index in [1.54, 1.807) is 26.4 Å². The van der Waals surface area contributed by atoms with Crippen molar-refractivity contribution in [3.8, 4) is 11.5 Å². The Morgan fingerprint density at radius 3 is 2.43 bits per heavy atom. The Kier molecular flexibility index (Phi) is 8.10. The van der Waals surface area contributed by atoms with Gasteiger partial charge in [0.15, 0.2) is 17.6 Å². The molecule has 0 bridgehead atoms. The molecule has 1 aliphatic carbocycles. The first-order valence-corrected chi connectivity index (χ1v) is 9.44. The number of methoxy groups -OCH3 is 2. The van der Waals surface area contributed by atoms with Gasteiger partial charge in [-0.25, -0.2) is 4.79 Å². The second-order valence-corrected chi connectivity index (χ2v) is 6.77. The maximum atomic E-state index is 12.0. The Hall–Kier alpha value is -2.77. The summed E-state index contributed by atoms with van der Waals surface area (Å²) in [6, 6.07) is 4.93. The topological polar surface area (TPSA) is 103 Å². The van der Waals surface area contributed by atoms with Gasteiger partial charge >= 0.3 is 12.0 Å². The van der Waals surface area contributed by atoms with Crippen molar-refractivity contribution in [2.75, 3.05) is 14.2 Å². The lowest BCUT2D eigenvalue weighted by atomic mass is 10.1. The zero-order chi connectivity index (χ0) is 20.5. The number of rotatable bonds is 8. The second kappa shape index (κ2) is 10.5. The number of aryl methyl sites for hydroxylation is 1. The predicted molar refractivity (Wildman–Crippen MR) is 102 cm³/mol. The molecule has 8 heteroatoms. The first-order valence-electron chi connectivity index (χ1n) is 9.44. The Labute approximate surface area is 164 Å². The molecule has 0 heterocycles. The minimum atomic E-state index is -1.05. The van der Waals surface area contributed by atoms with Gasteiger partial charge in [-0.15, -0.1) is 0 Å². The highest BCUT2D eigenvalue weighted by Crippen LogP contribution is 2.28. The van der Waals surface area contributed by atoms with Crippen LogP contribution in [0.5, 0.6) is 11.5 Å². The van der Waals surface area contributed by atoms with E-state index >= 15 is 0 Å². The van der Waals surface area contributed by atoms with E-state index in [0.717, 1.165) is 31.2 Å². The highest BCUT2D eigenvalue weighted by atomic mass is 16.5. The lowest BCUT2D eigenvalue weighted by molar-refractivity contribution is -0.154. The number of benzene rings is 1. The van der Waals surface area contributed by atoms with E-state index in [-0.39, 0.29) is 12.5 Å². The molecule has 1 atom stereocenters. The fourth-order valence-corrected chi connectivity index (χ4v) is 3.10. The number of hydrogen-bond acceptors (Lipinski definition) is 6. The van der Waals surface area contributed by atoms with Crippen molar-refractivity contribution < 1.29 is 28.6 Å². The molecule has 1 saturated carbocycles. The third-order valence-corrected chi connectivity index (χ3v) is 4.67. The largest absolute Gasteiger partial charge is 0.493 e. The van der Waals surface area contributed by atoms with Crippen LogP contribution in [0.1, 0.15) is 44.6 Å². The van der Waals surface area contributed by atoms with Crippen molar-refractivity contribution in [2.45, 2.75) is 57.6 Å². The molecule has 0 saturated heterocycles. The number of carbonyl (C=O) groups excluding carboxylic acids is 3. The fraction of sp³-hybridized carbons (Fsp3) is 0.550. The minimum absolute atomic E-state index is 0.0986. The Morgan fingerprint density at radius 2 is 1.79 bits per heavy atom. The van der Waals surface area contributed by atoms with Crippen LogP contribution in [0.3, 0.4) is 0 Å². The average Bonchev–Trinajstić information content (AvgIpc) is 3.18. The highest BCUT2D eigenvalue weighted by molar-refractivity contribution is 5.97. The summed E-state index contributed by atoms with van der Waals surface area (Å²) >= 11 is 0. The SMILES string of the molecule is COc1ccc(CCC(=O)O[C@@H](C)C(=O)NC(=O)NC2CCCC2)cc1OC. The average molecular weight is 392 g/mol. The predicted octanol–water partition coefficient (Wildman–Crippen LogP) is 2.34. The van der Waals surface area contributed by atoms with Crippen LogP contribution in [0.4, 0.5) is 4.79 Å². The van der Waals surface area contributed by atoms with Crippen LogP contribution in [0, 0.1) is 0 Å². The second-order valence-electron chi connectivity index (χ2n) is 6.77. The quantitative estimate of drug-likeness (QED) is 0.658. The normalized spacial score (nSPS) is 14.8. The van der Waals surface area contributed by atoms with Gasteiger partial charge in [0.05, 0.1) is 14.2 Å². The molecule has 2 rings (SSSR count). The molecule has 1 aromatic carbocycles. The molecule has 1 aromatic rings. The highest BCUT2D eigenvalue weighted by Gasteiger charge is 2.22.